The summed E-state index contributed by atoms with van der Waals surface area (Å²) < 4.78 is 0. The van der Waals surface area contributed by atoms with Crippen molar-refractivity contribution in [3.63, 3.8) is 0 Å². The van der Waals surface area contributed by atoms with Gasteiger partial charge in [0, 0.05) is 12.5 Å². The molecule has 0 unspecified atom stereocenters. The van der Waals surface area contributed by atoms with E-state index in [2.05, 4.69) is 12.2 Å². The first-order valence-corrected chi connectivity index (χ1v) is 6.17. The fraction of sp³-hybridized carbons (Fsp3) is 0.917. The van der Waals surface area contributed by atoms with Gasteiger partial charge in [-0.05, 0) is 44.6 Å². The third-order valence-electron chi connectivity index (χ3n) is 3.42. The molecule has 1 saturated carbocycles. The number of hydrogen-bond acceptors (Lipinski definition) is 2. The molecule has 0 aromatic rings. The van der Waals surface area contributed by atoms with Crippen LogP contribution in [-0.4, -0.2) is 23.7 Å². The Labute approximate surface area is 92.3 Å². The van der Waals surface area contributed by atoms with Crippen LogP contribution >= 0.6 is 0 Å². The average Bonchev–Trinajstić information content (AvgIpc) is 2.25. The van der Waals surface area contributed by atoms with E-state index in [-0.39, 0.29) is 6.42 Å². The maximum atomic E-state index is 10.3. The molecule has 1 rings (SSSR count). The molecule has 1 aliphatic rings. The molecule has 1 aliphatic carbocycles. The minimum Gasteiger partial charge on any atom is -0.481 e. The third kappa shape index (κ3) is 5.17. The summed E-state index contributed by atoms with van der Waals surface area (Å²) in [4.78, 5) is 10.3. The second kappa shape index (κ2) is 6.83. The first-order chi connectivity index (χ1) is 7.22. The lowest BCUT2D eigenvalue weighted by molar-refractivity contribution is -0.137. The van der Waals surface area contributed by atoms with Crippen LogP contribution < -0.4 is 5.32 Å². The van der Waals surface area contributed by atoms with Gasteiger partial charge < -0.3 is 10.4 Å². The van der Waals surface area contributed by atoms with Crippen molar-refractivity contribution in [2.45, 2.75) is 57.9 Å². The van der Waals surface area contributed by atoms with Crippen LogP contribution in [0.15, 0.2) is 0 Å². The zero-order valence-corrected chi connectivity index (χ0v) is 9.67. The van der Waals surface area contributed by atoms with Crippen LogP contribution in [-0.2, 0) is 4.79 Å². The van der Waals surface area contributed by atoms with Crippen LogP contribution in [0, 0.1) is 5.92 Å². The topological polar surface area (TPSA) is 49.3 Å². The molecule has 0 spiro atoms. The van der Waals surface area contributed by atoms with Gasteiger partial charge >= 0.3 is 5.97 Å². The minimum atomic E-state index is -0.688. The summed E-state index contributed by atoms with van der Waals surface area (Å²) in [6, 6.07) is 0.640. The maximum absolute atomic E-state index is 10.3. The molecule has 0 atom stereocenters. The van der Waals surface area contributed by atoms with E-state index >= 15 is 0 Å². The van der Waals surface area contributed by atoms with Crippen molar-refractivity contribution in [3.8, 4) is 0 Å². The van der Waals surface area contributed by atoms with Crippen LogP contribution in [0.5, 0.6) is 0 Å². The predicted molar refractivity (Wildman–Crippen MR) is 60.9 cm³/mol. The molecule has 0 aromatic heterocycles. The van der Waals surface area contributed by atoms with E-state index in [4.69, 9.17) is 5.11 Å². The van der Waals surface area contributed by atoms with E-state index in [0.717, 1.165) is 18.9 Å². The minimum absolute atomic E-state index is 0.289. The number of carbonyl (C=O) groups is 1. The Kier molecular flexibility index (Phi) is 5.69. The van der Waals surface area contributed by atoms with Gasteiger partial charge in [-0.1, -0.05) is 13.3 Å². The summed E-state index contributed by atoms with van der Waals surface area (Å²) in [5.41, 5.74) is 0. The number of hydrogen-bond donors (Lipinski definition) is 2. The fourth-order valence-electron chi connectivity index (χ4n) is 2.32. The molecule has 0 heterocycles. The maximum Gasteiger partial charge on any atom is 0.303 e. The lowest BCUT2D eigenvalue weighted by Gasteiger charge is -2.28. The highest BCUT2D eigenvalue weighted by molar-refractivity contribution is 5.66. The highest BCUT2D eigenvalue weighted by Gasteiger charge is 2.18. The van der Waals surface area contributed by atoms with Gasteiger partial charge in [-0.3, -0.25) is 4.79 Å². The van der Waals surface area contributed by atoms with Gasteiger partial charge in [0.2, 0.25) is 0 Å². The molecule has 2 N–H and O–H groups in total. The number of carboxylic acid groups (broad SMARTS) is 1. The molecular formula is C12H23NO2. The van der Waals surface area contributed by atoms with Crippen LogP contribution in [0.4, 0.5) is 0 Å². The van der Waals surface area contributed by atoms with Crippen molar-refractivity contribution in [2.75, 3.05) is 6.54 Å². The van der Waals surface area contributed by atoms with E-state index in [9.17, 15) is 4.79 Å². The lowest BCUT2D eigenvalue weighted by atomic mass is 9.84. The zero-order valence-electron chi connectivity index (χ0n) is 9.67. The first-order valence-electron chi connectivity index (χ1n) is 6.17. The van der Waals surface area contributed by atoms with Gasteiger partial charge in [0.05, 0.1) is 0 Å². The molecule has 1 fully saturated rings. The van der Waals surface area contributed by atoms with Crippen molar-refractivity contribution in [2.24, 2.45) is 5.92 Å². The Balaban J connectivity index is 2.01. The molecule has 0 aliphatic heterocycles. The Morgan fingerprint density at radius 1 is 1.33 bits per heavy atom. The zero-order chi connectivity index (χ0) is 11.1. The van der Waals surface area contributed by atoms with Crippen LogP contribution in [0.2, 0.25) is 0 Å². The van der Waals surface area contributed by atoms with Crippen molar-refractivity contribution in [3.05, 3.63) is 0 Å². The monoisotopic (exact) mass is 213 g/mol. The smallest absolute Gasteiger partial charge is 0.303 e. The van der Waals surface area contributed by atoms with Gasteiger partial charge in [0.25, 0.3) is 0 Å². The molecule has 0 radical (unpaired) electrons. The SMILES string of the molecule is CCC1CCC(NCCCC(=O)O)CC1. The molecule has 0 saturated heterocycles. The van der Waals surface area contributed by atoms with Crippen molar-refractivity contribution in [1.82, 2.24) is 5.32 Å². The molecule has 0 aromatic carbocycles. The highest BCUT2D eigenvalue weighted by atomic mass is 16.4. The number of carboxylic acids is 1. The second-order valence-electron chi connectivity index (χ2n) is 4.58. The fourth-order valence-corrected chi connectivity index (χ4v) is 2.32. The largest absolute Gasteiger partial charge is 0.481 e. The summed E-state index contributed by atoms with van der Waals surface area (Å²) in [7, 11) is 0. The summed E-state index contributed by atoms with van der Waals surface area (Å²) >= 11 is 0. The van der Waals surface area contributed by atoms with Gasteiger partial charge in [-0.2, -0.15) is 0 Å². The van der Waals surface area contributed by atoms with Crippen molar-refractivity contribution < 1.29 is 9.90 Å². The summed E-state index contributed by atoms with van der Waals surface area (Å²) in [5, 5.41) is 11.9. The molecule has 3 nitrogen and oxygen atoms in total. The summed E-state index contributed by atoms with van der Waals surface area (Å²) in [6.07, 6.45) is 7.57. The molecule has 15 heavy (non-hydrogen) atoms. The number of aliphatic carboxylic acids is 1. The molecular weight excluding hydrogens is 190 g/mol. The van der Waals surface area contributed by atoms with E-state index in [1.807, 2.05) is 0 Å². The predicted octanol–water partition coefficient (Wildman–Crippen LogP) is 2.41. The Morgan fingerprint density at radius 2 is 2.00 bits per heavy atom. The van der Waals surface area contributed by atoms with Gasteiger partial charge in [-0.15, -0.1) is 0 Å². The Bertz CT molecular complexity index is 186. The molecule has 0 amide bonds. The average molecular weight is 213 g/mol. The van der Waals surface area contributed by atoms with Crippen LogP contribution in [0.1, 0.15) is 51.9 Å². The van der Waals surface area contributed by atoms with E-state index in [0.29, 0.717) is 6.04 Å². The molecule has 88 valence electrons. The molecule has 3 heteroatoms. The Hall–Kier alpha value is -0.570. The summed E-state index contributed by atoms with van der Waals surface area (Å²) in [6.45, 7) is 3.12. The van der Waals surface area contributed by atoms with Gasteiger partial charge in [0.1, 0.15) is 0 Å². The molecule has 0 bridgehead atoms. The van der Waals surface area contributed by atoms with Crippen LogP contribution in [0.25, 0.3) is 0 Å². The van der Waals surface area contributed by atoms with E-state index in [1.54, 1.807) is 0 Å². The lowest BCUT2D eigenvalue weighted by Crippen LogP contribution is -2.33. The standard InChI is InChI=1S/C12H23NO2/c1-2-10-5-7-11(8-6-10)13-9-3-4-12(14)15/h10-11,13H,2-9H2,1H3,(H,14,15). The summed E-state index contributed by atoms with van der Waals surface area (Å²) in [5.74, 6) is 0.244. The van der Waals surface area contributed by atoms with Gasteiger partial charge in [0.15, 0.2) is 0 Å². The highest BCUT2D eigenvalue weighted by Crippen LogP contribution is 2.26. The quantitative estimate of drug-likeness (QED) is 0.666. The third-order valence-corrected chi connectivity index (χ3v) is 3.42. The van der Waals surface area contributed by atoms with Gasteiger partial charge in [-0.25, -0.2) is 0 Å². The second-order valence-corrected chi connectivity index (χ2v) is 4.58. The van der Waals surface area contributed by atoms with Crippen molar-refractivity contribution in [1.29, 1.82) is 0 Å². The first kappa shape index (κ1) is 12.5. The van der Waals surface area contributed by atoms with E-state index in [1.165, 1.54) is 32.1 Å². The Morgan fingerprint density at radius 3 is 2.53 bits per heavy atom. The van der Waals surface area contributed by atoms with Crippen LogP contribution in [0.3, 0.4) is 0 Å². The number of nitrogens with one attached hydrogen (secondary N) is 1. The number of rotatable bonds is 6. The van der Waals surface area contributed by atoms with Crippen molar-refractivity contribution >= 4 is 5.97 Å². The van der Waals surface area contributed by atoms with E-state index < -0.39 is 5.97 Å². The normalized spacial score (nSPS) is 26.5.